The maximum absolute atomic E-state index is 9.82. The Balaban J connectivity index is 1.67. The molecule has 0 heterocycles. The molecule has 2 N–H and O–H groups in total. The van der Waals surface area contributed by atoms with Gasteiger partial charge in [0.2, 0.25) is 0 Å². The van der Waals surface area contributed by atoms with Gasteiger partial charge in [0.15, 0.2) is 0 Å². The van der Waals surface area contributed by atoms with Gasteiger partial charge < -0.3 is 19.7 Å². The van der Waals surface area contributed by atoms with Crippen LogP contribution < -0.4 is 9.47 Å². The van der Waals surface area contributed by atoms with Crippen LogP contribution in [0.3, 0.4) is 0 Å². The highest BCUT2D eigenvalue weighted by Gasteiger charge is 2.17. The topological polar surface area (TPSA) is 58.9 Å². The van der Waals surface area contributed by atoms with Crippen LogP contribution >= 0.6 is 0 Å². The summed E-state index contributed by atoms with van der Waals surface area (Å²) in [7, 11) is 0. The van der Waals surface area contributed by atoms with E-state index < -0.39 is 0 Å². The van der Waals surface area contributed by atoms with Crippen LogP contribution in [0.4, 0.5) is 0 Å². The van der Waals surface area contributed by atoms with Gasteiger partial charge in [-0.3, -0.25) is 0 Å². The van der Waals surface area contributed by atoms with Crippen molar-refractivity contribution in [2.24, 2.45) is 0 Å². The van der Waals surface area contributed by atoms with Crippen LogP contribution in [0.15, 0.2) is 60.7 Å². The largest absolute Gasteiger partial charge is 0.489 e. The normalized spacial score (nSPS) is 12.0. The fourth-order valence-corrected chi connectivity index (χ4v) is 3.75. The van der Waals surface area contributed by atoms with Crippen LogP contribution in [0.25, 0.3) is 0 Å². The van der Waals surface area contributed by atoms with Crippen molar-refractivity contribution >= 4 is 0 Å². The van der Waals surface area contributed by atoms with Crippen LogP contribution in [0.2, 0.25) is 0 Å². The first-order chi connectivity index (χ1) is 16.0. The molecule has 4 heteroatoms. The van der Waals surface area contributed by atoms with Gasteiger partial charge in [0.05, 0.1) is 13.2 Å². The van der Waals surface area contributed by atoms with Gasteiger partial charge in [-0.1, -0.05) is 71.9 Å². The van der Waals surface area contributed by atoms with E-state index in [2.05, 4.69) is 59.7 Å². The quantitative estimate of drug-likeness (QED) is 0.405. The Kier molecular flexibility index (Phi) is 8.06. The minimum absolute atomic E-state index is 0.0136. The Morgan fingerprint density at radius 2 is 1.00 bits per heavy atom. The molecule has 34 heavy (non-hydrogen) atoms. The highest BCUT2D eigenvalue weighted by Crippen LogP contribution is 2.30. The first kappa shape index (κ1) is 25.8. The third-order valence-electron chi connectivity index (χ3n) is 5.97. The van der Waals surface area contributed by atoms with Crippen molar-refractivity contribution in [1.82, 2.24) is 0 Å². The lowest BCUT2D eigenvalue weighted by Crippen LogP contribution is -2.12. The number of aliphatic hydroxyl groups is 2. The van der Waals surface area contributed by atoms with E-state index in [1.54, 1.807) is 0 Å². The van der Waals surface area contributed by atoms with Gasteiger partial charge in [-0.05, 0) is 63.4 Å². The van der Waals surface area contributed by atoms with E-state index in [1.165, 1.54) is 11.1 Å². The van der Waals surface area contributed by atoms with Gasteiger partial charge in [-0.25, -0.2) is 0 Å². The molecule has 0 aliphatic heterocycles. The monoisotopic (exact) mass is 462 g/mol. The van der Waals surface area contributed by atoms with E-state index in [9.17, 15) is 10.2 Å². The summed E-state index contributed by atoms with van der Waals surface area (Å²) >= 11 is 0. The van der Waals surface area contributed by atoms with Crippen LogP contribution in [0.5, 0.6) is 11.5 Å². The molecule has 182 valence electrons. The number of rotatable bonds is 8. The second-order valence-corrected chi connectivity index (χ2v) is 10.9. The minimum Gasteiger partial charge on any atom is -0.489 e. The highest BCUT2D eigenvalue weighted by molar-refractivity contribution is 5.41. The second-order valence-electron chi connectivity index (χ2n) is 10.9. The number of ether oxygens (including phenoxy) is 2. The zero-order valence-corrected chi connectivity index (χ0v) is 21.3. The summed E-state index contributed by atoms with van der Waals surface area (Å²) in [5.74, 6) is 1.40. The summed E-state index contributed by atoms with van der Waals surface area (Å²) in [4.78, 5) is 0. The molecule has 0 unspecified atom stereocenters. The molecule has 0 radical (unpaired) electrons. The molecule has 0 bridgehead atoms. The molecule has 3 rings (SSSR count). The summed E-state index contributed by atoms with van der Waals surface area (Å²) in [5, 5.41) is 19.6. The van der Waals surface area contributed by atoms with Crippen LogP contribution in [-0.2, 0) is 37.3 Å². The van der Waals surface area contributed by atoms with Crippen molar-refractivity contribution in [3.05, 3.63) is 94.0 Å². The molecule has 0 saturated heterocycles. The molecule has 0 spiro atoms. The fraction of sp³-hybridized carbons (Fsp3) is 0.400. The molecule has 0 fully saturated rings. The molecule has 0 aromatic heterocycles. The standard InChI is InChI=1S/C30H38O4/c1-29(2,3)25-10-12-27(23(15-25)17-31)33-19-21-8-7-9-22(14-21)20-34-28-13-11-26(30(4,5)6)16-24(28)18-32/h7-16,31-32H,17-20H2,1-6H3. The lowest BCUT2D eigenvalue weighted by Gasteiger charge is -2.21. The van der Waals surface area contributed by atoms with Gasteiger partial charge in [0, 0.05) is 11.1 Å². The maximum Gasteiger partial charge on any atom is 0.125 e. The van der Waals surface area contributed by atoms with Crippen LogP contribution in [0, 0.1) is 0 Å². The SMILES string of the molecule is CC(C)(C)c1ccc(OCc2cccc(COc3ccc(C(C)(C)C)cc3CO)c2)c(CO)c1. The highest BCUT2D eigenvalue weighted by atomic mass is 16.5. The predicted molar refractivity (Wildman–Crippen MR) is 137 cm³/mol. The molecule has 3 aromatic rings. The number of aliphatic hydroxyl groups excluding tert-OH is 2. The average molecular weight is 463 g/mol. The van der Waals surface area contributed by atoms with Crippen molar-refractivity contribution in [3.8, 4) is 11.5 Å². The van der Waals surface area contributed by atoms with Crippen LogP contribution in [0.1, 0.15) is 74.9 Å². The van der Waals surface area contributed by atoms with Crippen LogP contribution in [-0.4, -0.2) is 10.2 Å². The lowest BCUT2D eigenvalue weighted by molar-refractivity contribution is 0.257. The lowest BCUT2D eigenvalue weighted by atomic mass is 9.86. The number of benzene rings is 3. The Morgan fingerprint density at radius 3 is 1.35 bits per heavy atom. The Morgan fingerprint density at radius 1 is 0.588 bits per heavy atom. The van der Waals surface area contributed by atoms with E-state index in [0.717, 1.165) is 22.3 Å². The average Bonchev–Trinajstić information content (AvgIpc) is 2.80. The molecule has 0 amide bonds. The Bertz CT molecular complexity index is 1020. The van der Waals surface area contributed by atoms with Gasteiger partial charge in [-0.15, -0.1) is 0 Å². The van der Waals surface area contributed by atoms with Crippen molar-refractivity contribution in [2.75, 3.05) is 0 Å². The molecule has 4 nitrogen and oxygen atoms in total. The first-order valence-electron chi connectivity index (χ1n) is 11.8. The van der Waals surface area contributed by atoms with Crippen molar-refractivity contribution in [2.45, 2.75) is 78.8 Å². The molecule has 0 atom stereocenters. The Hall–Kier alpha value is -2.82. The summed E-state index contributed by atoms with van der Waals surface area (Å²) < 4.78 is 12.1. The van der Waals surface area contributed by atoms with E-state index in [0.29, 0.717) is 24.7 Å². The van der Waals surface area contributed by atoms with Gasteiger partial charge in [0.25, 0.3) is 0 Å². The summed E-state index contributed by atoms with van der Waals surface area (Å²) in [6.07, 6.45) is 0. The number of hydrogen-bond donors (Lipinski definition) is 2. The molecular formula is C30H38O4. The fourth-order valence-electron chi connectivity index (χ4n) is 3.75. The maximum atomic E-state index is 9.82. The zero-order chi connectivity index (χ0) is 24.9. The van der Waals surface area contributed by atoms with Gasteiger partial charge in [-0.2, -0.15) is 0 Å². The van der Waals surface area contributed by atoms with Crippen molar-refractivity contribution < 1.29 is 19.7 Å². The Labute approximate surface area is 204 Å². The zero-order valence-electron chi connectivity index (χ0n) is 21.3. The predicted octanol–water partition coefficient (Wildman–Crippen LogP) is 6.42. The molecule has 0 aliphatic carbocycles. The van der Waals surface area contributed by atoms with Gasteiger partial charge >= 0.3 is 0 Å². The molecule has 0 aliphatic rings. The van der Waals surface area contributed by atoms with E-state index in [1.807, 2.05) is 42.5 Å². The smallest absolute Gasteiger partial charge is 0.125 e. The summed E-state index contributed by atoms with van der Waals surface area (Å²) in [5.41, 5.74) is 6.00. The molecule has 3 aromatic carbocycles. The first-order valence-corrected chi connectivity index (χ1v) is 11.8. The van der Waals surface area contributed by atoms with Crippen molar-refractivity contribution in [1.29, 1.82) is 0 Å². The van der Waals surface area contributed by atoms with Gasteiger partial charge in [0.1, 0.15) is 24.7 Å². The van der Waals surface area contributed by atoms with Crippen molar-refractivity contribution in [3.63, 3.8) is 0 Å². The molecule has 0 saturated carbocycles. The summed E-state index contributed by atoms with van der Waals surface area (Å²) in [6.45, 7) is 13.6. The van der Waals surface area contributed by atoms with E-state index in [4.69, 9.17) is 9.47 Å². The van der Waals surface area contributed by atoms with E-state index in [-0.39, 0.29) is 24.0 Å². The second kappa shape index (κ2) is 10.6. The minimum atomic E-state index is -0.0612. The number of hydrogen-bond acceptors (Lipinski definition) is 4. The summed E-state index contributed by atoms with van der Waals surface area (Å²) in [6, 6.07) is 20.1. The third-order valence-corrected chi connectivity index (χ3v) is 5.97. The third kappa shape index (κ3) is 6.62. The molecular weight excluding hydrogens is 424 g/mol. The van der Waals surface area contributed by atoms with E-state index >= 15 is 0 Å².